The van der Waals surface area contributed by atoms with Crippen LogP contribution in [-0.4, -0.2) is 81.1 Å². The van der Waals surface area contributed by atoms with Crippen molar-refractivity contribution in [1.82, 2.24) is 29.2 Å². The average Bonchev–Trinajstić information content (AvgIpc) is 3.34. The summed E-state index contributed by atoms with van der Waals surface area (Å²) in [5.74, 6) is 1.47. The van der Waals surface area contributed by atoms with Gasteiger partial charge in [0.25, 0.3) is 11.8 Å². The number of aromatic nitrogens is 5. The summed E-state index contributed by atoms with van der Waals surface area (Å²) in [7, 11) is 1.51. The molecule has 1 amide bonds. The van der Waals surface area contributed by atoms with E-state index in [-0.39, 0.29) is 5.69 Å². The highest BCUT2D eigenvalue weighted by molar-refractivity contribution is 6.02. The second kappa shape index (κ2) is 8.30. The highest BCUT2D eigenvalue weighted by atomic mass is 19.1. The van der Waals surface area contributed by atoms with E-state index in [4.69, 9.17) is 4.74 Å². The van der Waals surface area contributed by atoms with E-state index in [2.05, 4.69) is 35.1 Å². The molecular weight excluding hydrogens is 415 g/mol. The lowest BCUT2D eigenvalue weighted by Gasteiger charge is -2.41. The molecule has 11 heteroatoms. The Bertz CT molecular complexity index is 1130. The van der Waals surface area contributed by atoms with Crippen LogP contribution in [0.4, 0.5) is 16.0 Å². The Kier molecular flexibility index (Phi) is 5.33. The number of carbonyl (C=O) groups is 1. The lowest BCUT2D eigenvalue weighted by atomic mass is 10.00. The number of ether oxygens (including phenoxy) is 1. The molecule has 10 nitrogen and oxygen atoms in total. The van der Waals surface area contributed by atoms with Crippen molar-refractivity contribution >= 4 is 23.2 Å². The summed E-state index contributed by atoms with van der Waals surface area (Å²) in [6.45, 7) is 5.91. The van der Waals surface area contributed by atoms with Gasteiger partial charge in [0, 0.05) is 44.8 Å². The molecule has 5 rings (SSSR count). The van der Waals surface area contributed by atoms with Gasteiger partial charge >= 0.3 is 0 Å². The number of alkyl halides is 1. The predicted molar refractivity (Wildman–Crippen MR) is 116 cm³/mol. The first-order valence-electron chi connectivity index (χ1n) is 10.6. The Labute approximate surface area is 184 Å². The van der Waals surface area contributed by atoms with E-state index in [1.165, 1.54) is 13.3 Å². The van der Waals surface area contributed by atoms with E-state index in [9.17, 15) is 9.18 Å². The van der Waals surface area contributed by atoms with Gasteiger partial charge < -0.3 is 15.0 Å². The summed E-state index contributed by atoms with van der Waals surface area (Å²) < 4.78 is 20.4. The zero-order valence-corrected chi connectivity index (χ0v) is 18.0. The van der Waals surface area contributed by atoms with Crippen LogP contribution in [-0.2, 0) is 0 Å². The van der Waals surface area contributed by atoms with Crippen LogP contribution in [0.2, 0.25) is 0 Å². The molecule has 0 saturated carbocycles. The zero-order chi connectivity index (χ0) is 22.2. The van der Waals surface area contributed by atoms with E-state index < -0.39 is 12.1 Å². The van der Waals surface area contributed by atoms with E-state index in [0.29, 0.717) is 36.2 Å². The Balaban J connectivity index is 1.19. The minimum Gasteiger partial charge on any atom is -0.478 e. The first-order chi connectivity index (χ1) is 15.5. The fourth-order valence-electron chi connectivity index (χ4n) is 4.26. The van der Waals surface area contributed by atoms with Gasteiger partial charge in [0.05, 0.1) is 31.4 Å². The predicted octanol–water partition coefficient (Wildman–Crippen LogP) is 1.57. The molecular formula is C21H25FN8O2. The molecule has 1 atom stereocenters. The first-order valence-corrected chi connectivity index (χ1v) is 10.6. The normalized spacial score (nSPS) is 19.3. The number of amides is 1. The van der Waals surface area contributed by atoms with Crippen molar-refractivity contribution in [2.45, 2.75) is 19.5 Å². The molecule has 32 heavy (non-hydrogen) atoms. The minimum atomic E-state index is -0.682. The number of rotatable bonds is 6. The quantitative estimate of drug-likeness (QED) is 0.617. The molecule has 2 fully saturated rings. The van der Waals surface area contributed by atoms with Gasteiger partial charge in [0.1, 0.15) is 17.7 Å². The van der Waals surface area contributed by atoms with Crippen molar-refractivity contribution in [3.05, 3.63) is 36.2 Å². The summed E-state index contributed by atoms with van der Waals surface area (Å²) in [4.78, 5) is 34.3. The number of nitrogens with zero attached hydrogens (tertiary/aromatic N) is 7. The fourth-order valence-corrected chi connectivity index (χ4v) is 4.26. The molecule has 0 aliphatic carbocycles. The summed E-state index contributed by atoms with van der Waals surface area (Å²) in [5, 5.41) is 2.73. The van der Waals surface area contributed by atoms with Crippen LogP contribution in [0.3, 0.4) is 0 Å². The van der Waals surface area contributed by atoms with Gasteiger partial charge in [-0.1, -0.05) is 0 Å². The fraction of sp³-hybridized carbons (Fsp3) is 0.476. The molecule has 1 N–H and O–H groups in total. The number of anilines is 2. The maximum absolute atomic E-state index is 13.3. The number of hydrogen-bond donors (Lipinski definition) is 1. The lowest BCUT2D eigenvalue weighted by Crippen LogP contribution is -2.51. The smallest absolute Gasteiger partial charge is 0.277 e. The average molecular weight is 440 g/mol. The van der Waals surface area contributed by atoms with Crippen molar-refractivity contribution in [3.63, 3.8) is 0 Å². The second-order valence-electron chi connectivity index (χ2n) is 8.38. The van der Waals surface area contributed by atoms with Gasteiger partial charge in [-0.15, -0.1) is 0 Å². The molecule has 0 radical (unpaired) electrons. The van der Waals surface area contributed by atoms with Crippen LogP contribution < -0.4 is 15.0 Å². The molecule has 5 heterocycles. The van der Waals surface area contributed by atoms with Crippen LogP contribution >= 0.6 is 0 Å². The maximum Gasteiger partial charge on any atom is 0.277 e. The molecule has 3 aromatic rings. The van der Waals surface area contributed by atoms with Crippen LogP contribution in [0.15, 0.2) is 24.8 Å². The monoisotopic (exact) mass is 440 g/mol. The molecule has 2 saturated heterocycles. The largest absolute Gasteiger partial charge is 0.478 e. The lowest BCUT2D eigenvalue weighted by molar-refractivity contribution is 0.102. The van der Waals surface area contributed by atoms with Gasteiger partial charge in [0.15, 0.2) is 5.82 Å². The first kappa shape index (κ1) is 20.6. The molecule has 2 aliphatic heterocycles. The third-order valence-corrected chi connectivity index (χ3v) is 5.85. The van der Waals surface area contributed by atoms with E-state index >= 15 is 0 Å². The molecule has 0 aromatic carbocycles. The third kappa shape index (κ3) is 4.07. The zero-order valence-electron chi connectivity index (χ0n) is 18.0. The number of imidazole rings is 1. The van der Waals surface area contributed by atoms with E-state index in [1.54, 1.807) is 16.8 Å². The SMILES string of the molecule is COc1nc(NC(=O)c2cnc(N3CC(CN4CC[C@H](F)C4)C3)cn2)cn2cc(C)nc12. The maximum atomic E-state index is 13.3. The number of carbonyl (C=O) groups excluding carboxylic acids is 1. The van der Waals surface area contributed by atoms with Gasteiger partial charge in [0.2, 0.25) is 5.65 Å². The number of hydrogen-bond acceptors (Lipinski definition) is 8. The summed E-state index contributed by atoms with van der Waals surface area (Å²) in [5.41, 5.74) is 1.59. The third-order valence-electron chi connectivity index (χ3n) is 5.85. The van der Waals surface area contributed by atoms with E-state index in [1.807, 2.05) is 13.1 Å². The Hall–Kier alpha value is -3.34. The molecule has 168 valence electrons. The van der Waals surface area contributed by atoms with Crippen molar-refractivity contribution in [2.24, 2.45) is 5.92 Å². The standard InChI is InChI=1S/C21H25FN8O2/c1-13-7-30-12-17(27-21(32-2)19(30)25-13)26-20(31)16-5-24-18(6-23-16)29-9-14(10-29)8-28-4-3-15(22)11-28/h5-7,12,14-15H,3-4,8-11H2,1-2H3,(H,26,31)/t15-/m0/s1. The van der Waals surface area contributed by atoms with Crippen LogP contribution in [0.5, 0.6) is 5.88 Å². The minimum absolute atomic E-state index is 0.194. The number of fused-ring (bicyclic) bond motifs is 1. The topological polar surface area (TPSA) is 101 Å². The number of likely N-dealkylation sites (tertiary alicyclic amines) is 1. The van der Waals surface area contributed by atoms with Gasteiger partial charge in [-0.3, -0.25) is 14.1 Å². The van der Waals surface area contributed by atoms with Gasteiger partial charge in [-0.2, -0.15) is 4.98 Å². The molecule has 3 aromatic heterocycles. The number of methoxy groups -OCH3 is 1. The van der Waals surface area contributed by atoms with Crippen LogP contribution in [0, 0.1) is 12.8 Å². The Morgan fingerprint density at radius 3 is 2.75 bits per heavy atom. The number of nitrogens with one attached hydrogen (secondary N) is 1. The highest BCUT2D eigenvalue weighted by Crippen LogP contribution is 2.25. The Morgan fingerprint density at radius 2 is 2.06 bits per heavy atom. The number of aryl methyl sites for hydroxylation is 1. The van der Waals surface area contributed by atoms with Gasteiger partial charge in [-0.05, 0) is 13.3 Å². The van der Waals surface area contributed by atoms with Crippen LogP contribution in [0.25, 0.3) is 5.65 Å². The summed E-state index contributed by atoms with van der Waals surface area (Å²) in [6, 6.07) is 0. The molecule has 0 unspecified atom stereocenters. The van der Waals surface area contributed by atoms with E-state index in [0.717, 1.165) is 37.7 Å². The Morgan fingerprint density at radius 1 is 1.22 bits per heavy atom. The van der Waals surface area contributed by atoms with Crippen LogP contribution in [0.1, 0.15) is 22.6 Å². The number of halogens is 1. The van der Waals surface area contributed by atoms with Crippen molar-refractivity contribution in [2.75, 3.05) is 50.1 Å². The van der Waals surface area contributed by atoms with Crippen molar-refractivity contribution in [3.8, 4) is 5.88 Å². The highest BCUT2D eigenvalue weighted by Gasteiger charge is 2.32. The summed E-state index contributed by atoms with van der Waals surface area (Å²) >= 11 is 0. The molecule has 2 aliphatic rings. The van der Waals surface area contributed by atoms with Gasteiger partial charge in [-0.25, -0.2) is 19.3 Å². The second-order valence-corrected chi connectivity index (χ2v) is 8.38. The van der Waals surface area contributed by atoms with Crippen molar-refractivity contribution < 1.29 is 13.9 Å². The molecule has 0 bridgehead atoms. The van der Waals surface area contributed by atoms with Crippen molar-refractivity contribution in [1.29, 1.82) is 0 Å². The molecule has 0 spiro atoms. The summed E-state index contributed by atoms with van der Waals surface area (Å²) in [6.07, 6.45) is 6.52.